The van der Waals surface area contributed by atoms with Gasteiger partial charge in [0.05, 0.1) is 5.69 Å². The summed E-state index contributed by atoms with van der Waals surface area (Å²) >= 11 is 0. The van der Waals surface area contributed by atoms with Gasteiger partial charge in [0.15, 0.2) is 0 Å². The molecule has 0 saturated heterocycles. The van der Waals surface area contributed by atoms with Gasteiger partial charge in [-0.2, -0.15) is 5.10 Å². The number of amides is 2. The highest BCUT2D eigenvalue weighted by atomic mass is 19.1. The Morgan fingerprint density at radius 3 is 2.73 bits per heavy atom. The average Bonchev–Trinajstić information content (AvgIpc) is 3.12. The number of aryl methyl sites for hydroxylation is 2. The molecule has 0 fully saturated rings. The molecule has 154 valence electrons. The van der Waals surface area contributed by atoms with Crippen molar-refractivity contribution in [1.82, 2.24) is 14.8 Å². The van der Waals surface area contributed by atoms with Gasteiger partial charge in [0, 0.05) is 43.8 Å². The number of carbonyl (C=O) groups is 2. The van der Waals surface area contributed by atoms with Crippen molar-refractivity contribution < 1.29 is 14.0 Å². The smallest absolute Gasteiger partial charge is 0.228 e. The summed E-state index contributed by atoms with van der Waals surface area (Å²) in [7, 11) is 0. The average molecular weight is 407 g/mol. The number of nitrogens with zero attached hydrogens (tertiary/aromatic N) is 4. The van der Waals surface area contributed by atoms with E-state index in [1.54, 1.807) is 35.4 Å². The molecule has 0 spiro atoms. The molecule has 1 aliphatic heterocycles. The summed E-state index contributed by atoms with van der Waals surface area (Å²) in [6.45, 7) is 3.33. The van der Waals surface area contributed by atoms with Gasteiger partial charge < -0.3 is 5.32 Å². The summed E-state index contributed by atoms with van der Waals surface area (Å²) in [5, 5.41) is 7.08. The van der Waals surface area contributed by atoms with Crippen molar-refractivity contribution >= 4 is 23.5 Å². The Hall–Kier alpha value is -3.55. The van der Waals surface area contributed by atoms with Crippen molar-refractivity contribution in [2.45, 2.75) is 32.7 Å². The van der Waals surface area contributed by atoms with Gasteiger partial charge in [-0.1, -0.05) is 12.1 Å². The molecule has 8 heteroatoms. The molecule has 0 radical (unpaired) electrons. The lowest BCUT2D eigenvalue weighted by Gasteiger charge is -2.27. The van der Waals surface area contributed by atoms with E-state index in [0.717, 1.165) is 30.0 Å². The topological polar surface area (TPSA) is 80.1 Å². The molecule has 0 aliphatic carbocycles. The number of hydrogen-bond donors (Lipinski definition) is 1. The molecule has 3 heterocycles. The van der Waals surface area contributed by atoms with Gasteiger partial charge in [-0.15, -0.1) is 0 Å². The molecule has 0 unspecified atom stereocenters. The van der Waals surface area contributed by atoms with E-state index in [2.05, 4.69) is 15.4 Å². The van der Waals surface area contributed by atoms with Crippen LogP contribution in [0.25, 0.3) is 11.1 Å². The zero-order valence-corrected chi connectivity index (χ0v) is 16.6. The molecule has 1 N–H and O–H groups in total. The second-order valence-corrected chi connectivity index (χ2v) is 7.26. The minimum absolute atomic E-state index is 0.0653. The van der Waals surface area contributed by atoms with E-state index in [0.29, 0.717) is 17.9 Å². The van der Waals surface area contributed by atoms with E-state index in [4.69, 9.17) is 0 Å². The number of aromatic nitrogens is 3. The quantitative estimate of drug-likeness (QED) is 0.701. The maximum Gasteiger partial charge on any atom is 0.228 e. The number of anilines is 2. The monoisotopic (exact) mass is 407 g/mol. The van der Waals surface area contributed by atoms with Crippen molar-refractivity contribution in [3.05, 3.63) is 60.2 Å². The Labute approximate surface area is 173 Å². The van der Waals surface area contributed by atoms with Crippen LogP contribution in [0.3, 0.4) is 0 Å². The van der Waals surface area contributed by atoms with Crippen LogP contribution in [0.15, 0.2) is 48.7 Å². The van der Waals surface area contributed by atoms with Crippen LogP contribution in [-0.2, 0) is 16.1 Å². The highest BCUT2D eigenvalue weighted by molar-refractivity contribution is 5.97. The van der Waals surface area contributed by atoms with Crippen LogP contribution in [0.2, 0.25) is 0 Å². The lowest BCUT2D eigenvalue weighted by molar-refractivity contribution is -0.122. The van der Waals surface area contributed by atoms with Crippen molar-refractivity contribution in [3.8, 4) is 11.1 Å². The predicted octanol–water partition coefficient (Wildman–Crippen LogP) is 3.55. The van der Waals surface area contributed by atoms with Gasteiger partial charge in [-0.3, -0.25) is 14.5 Å². The third-order valence-electron chi connectivity index (χ3n) is 4.96. The maximum atomic E-state index is 13.4. The van der Waals surface area contributed by atoms with Gasteiger partial charge >= 0.3 is 0 Å². The SMILES string of the molecule is Cc1cc2n(n1)CCCN2C(=O)CCC(=O)Nc1ccc(-c2cccc(F)c2)cn1. The largest absolute Gasteiger partial charge is 0.311 e. The summed E-state index contributed by atoms with van der Waals surface area (Å²) < 4.78 is 15.2. The summed E-state index contributed by atoms with van der Waals surface area (Å²) in [6, 6.07) is 11.5. The first kappa shape index (κ1) is 19.8. The molecule has 1 aromatic carbocycles. The molecule has 0 atom stereocenters. The Morgan fingerprint density at radius 1 is 1.10 bits per heavy atom. The van der Waals surface area contributed by atoms with Crippen LogP contribution in [-0.4, -0.2) is 33.1 Å². The fourth-order valence-electron chi connectivity index (χ4n) is 3.53. The zero-order chi connectivity index (χ0) is 21.1. The van der Waals surface area contributed by atoms with Gasteiger partial charge in [-0.05, 0) is 43.2 Å². The number of pyridine rings is 1. The summed E-state index contributed by atoms with van der Waals surface area (Å²) in [5.41, 5.74) is 2.33. The third kappa shape index (κ3) is 4.37. The molecule has 1 aliphatic rings. The Bertz CT molecular complexity index is 1080. The van der Waals surface area contributed by atoms with E-state index in [-0.39, 0.29) is 30.5 Å². The normalized spacial score (nSPS) is 13.1. The molecule has 0 saturated carbocycles. The highest BCUT2D eigenvalue weighted by Crippen LogP contribution is 2.23. The maximum absolute atomic E-state index is 13.4. The Morgan fingerprint density at radius 2 is 1.97 bits per heavy atom. The third-order valence-corrected chi connectivity index (χ3v) is 4.96. The first-order valence-corrected chi connectivity index (χ1v) is 9.86. The zero-order valence-electron chi connectivity index (χ0n) is 16.6. The number of rotatable bonds is 5. The molecule has 2 amide bonds. The first-order chi connectivity index (χ1) is 14.5. The van der Waals surface area contributed by atoms with E-state index in [9.17, 15) is 14.0 Å². The fourth-order valence-corrected chi connectivity index (χ4v) is 3.53. The van der Waals surface area contributed by atoms with E-state index >= 15 is 0 Å². The standard InChI is InChI=1S/C22H22FN5O2/c1-15-12-21-27(10-3-11-28(21)26-15)22(30)9-8-20(29)25-19-7-6-17(14-24-19)16-4-2-5-18(23)13-16/h2,4-7,12-14H,3,8-11H2,1H3,(H,24,25,29). The van der Waals surface area contributed by atoms with Crippen LogP contribution in [0.4, 0.5) is 16.0 Å². The number of fused-ring (bicyclic) bond motifs is 1. The molecule has 3 aromatic rings. The highest BCUT2D eigenvalue weighted by Gasteiger charge is 2.24. The van der Waals surface area contributed by atoms with E-state index in [1.807, 2.05) is 17.7 Å². The van der Waals surface area contributed by atoms with E-state index in [1.165, 1.54) is 12.1 Å². The lowest BCUT2D eigenvalue weighted by Crippen LogP contribution is -2.37. The minimum atomic E-state index is -0.318. The molecule has 4 rings (SSSR count). The van der Waals surface area contributed by atoms with Gasteiger partial charge in [0.1, 0.15) is 17.5 Å². The van der Waals surface area contributed by atoms with Crippen LogP contribution in [0, 0.1) is 12.7 Å². The van der Waals surface area contributed by atoms with Gasteiger partial charge in [0.25, 0.3) is 0 Å². The lowest BCUT2D eigenvalue weighted by atomic mass is 10.1. The number of nitrogens with one attached hydrogen (secondary N) is 1. The molecule has 7 nitrogen and oxygen atoms in total. The Kier molecular flexibility index (Phi) is 5.56. The molecule has 0 bridgehead atoms. The van der Waals surface area contributed by atoms with Crippen molar-refractivity contribution in [2.24, 2.45) is 0 Å². The predicted molar refractivity (Wildman–Crippen MR) is 111 cm³/mol. The number of hydrogen-bond acceptors (Lipinski definition) is 4. The summed E-state index contributed by atoms with van der Waals surface area (Å²) in [4.78, 5) is 30.8. The van der Waals surface area contributed by atoms with Crippen LogP contribution >= 0.6 is 0 Å². The van der Waals surface area contributed by atoms with Crippen molar-refractivity contribution in [2.75, 3.05) is 16.8 Å². The second-order valence-electron chi connectivity index (χ2n) is 7.26. The molecular formula is C22H22FN5O2. The van der Waals surface area contributed by atoms with E-state index < -0.39 is 0 Å². The minimum Gasteiger partial charge on any atom is -0.311 e. The number of halogens is 1. The second kappa shape index (κ2) is 8.44. The fraction of sp³-hybridized carbons (Fsp3) is 0.273. The molecular weight excluding hydrogens is 385 g/mol. The Balaban J connectivity index is 1.32. The molecule has 2 aromatic heterocycles. The van der Waals surface area contributed by atoms with Gasteiger partial charge in [0.2, 0.25) is 11.8 Å². The molecule has 30 heavy (non-hydrogen) atoms. The van der Waals surface area contributed by atoms with Crippen molar-refractivity contribution in [1.29, 1.82) is 0 Å². The van der Waals surface area contributed by atoms with Gasteiger partial charge in [-0.25, -0.2) is 14.1 Å². The van der Waals surface area contributed by atoms with Crippen LogP contribution in [0.5, 0.6) is 0 Å². The van der Waals surface area contributed by atoms with Crippen LogP contribution < -0.4 is 10.2 Å². The number of carbonyl (C=O) groups excluding carboxylic acids is 2. The summed E-state index contributed by atoms with van der Waals surface area (Å²) in [5.74, 6) is 0.482. The van der Waals surface area contributed by atoms with Crippen LogP contribution in [0.1, 0.15) is 25.0 Å². The number of benzene rings is 1. The first-order valence-electron chi connectivity index (χ1n) is 9.86. The summed E-state index contributed by atoms with van der Waals surface area (Å²) in [6.07, 6.45) is 2.59. The van der Waals surface area contributed by atoms with Crippen molar-refractivity contribution in [3.63, 3.8) is 0 Å².